The molecule has 0 spiro atoms. The van der Waals surface area contributed by atoms with Gasteiger partial charge < -0.3 is 15.1 Å². The van der Waals surface area contributed by atoms with E-state index < -0.39 is 0 Å². The predicted octanol–water partition coefficient (Wildman–Crippen LogP) is 4.93. The molecular formula is C21H25IN4OS. The number of oxazole rings is 1. The lowest BCUT2D eigenvalue weighted by Crippen LogP contribution is -2.36. The van der Waals surface area contributed by atoms with Crippen LogP contribution in [0.15, 0.2) is 73.8 Å². The SMILES string of the molecule is CN=C(NCc1ccc(Sc2ccccc2)cc1)NCc1nc(C)c(C)o1.I. The van der Waals surface area contributed by atoms with Crippen LogP contribution in [0, 0.1) is 13.8 Å². The molecule has 2 aromatic carbocycles. The number of hydrogen-bond acceptors (Lipinski definition) is 4. The van der Waals surface area contributed by atoms with Crippen LogP contribution >= 0.6 is 35.7 Å². The van der Waals surface area contributed by atoms with Crippen molar-refractivity contribution in [2.24, 2.45) is 4.99 Å². The normalized spacial score (nSPS) is 11.0. The summed E-state index contributed by atoms with van der Waals surface area (Å²) in [5.74, 6) is 2.23. The Labute approximate surface area is 187 Å². The number of aryl methyl sites for hydroxylation is 2. The highest BCUT2D eigenvalue weighted by molar-refractivity contribution is 14.0. The van der Waals surface area contributed by atoms with Crippen LogP contribution in [-0.2, 0) is 13.1 Å². The Bertz CT molecular complexity index is 875. The molecule has 0 saturated heterocycles. The third-order valence-corrected chi connectivity index (χ3v) is 5.08. The third kappa shape index (κ3) is 6.56. The van der Waals surface area contributed by atoms with Gasteiger partial charge in [-0.3, -0.25) is 4.99 Å². The molecule has 0 aliphatic heterocycles. The van der Waals surface area contributed by atoms with E-state index >= 15 is 0 Å². The van der Waals surface area contributed by atoms with Gasteiger partial charge in [0.15, 0.2) is 5.96 Å². The Hall–Kier alpha value is -2.00. The number of hydrogen-bond donors (Lipinski definition) is 2. The summed E-state index contributed by atoms with van der Waals surface area (Å²) in [6.07, 6.45) is 0. The van der Waals surface area contributed by atoms with Crippen molar-refractivity contribution in [1.82, 2.24) is 15.6 Å². The standard InChI is InChI=1S/C21H24N4OS.HI/c1-15-16(2)26-20(25-15)14-24-21(22-3)23-13-17-9-11-19(12-10-17)27-18-7-5-4-6-8-18;/h4-12H,13-14H2,1-3H3,(H2,22,23,24);1H. The summed E-state index contributed by atoms with van der Waals surface area (Å²) in [7, 11) is 1.75. The first-order chi connectivity index (χ1) is 13.1. The molecule has 5 nitrogen and oxygen atoms in total. The maximum absolute atomic E-state index is 5.58. The van der Waals surface area contributed by atoms with Crippen molar-refractivity contribution in [3.8, 4) is 0 Å². The fourth-order valence-electron chi connectivity index (χ4n) is 2.48. The maximum Gasteiger partial charge on any atom is 0.214 e. The van der Waals surface area contributed by atoms with E-state index in [0.717, 1.165) is 11.5 Å². The van der Waals surface area contributed by atoms with Crippen molar-refractivity contribution in [3.05, 3.63) is 77.5 Å². The number of rotatable bonds is 6. The molecule has 28 heavy (non-hydrogen) atoms. The first kappa shape index (κ1) is 22.3. The predicted molar refractivity (Wildman–Crippen MR) is 125 cm³/mol. The van der Waals surface area contributed by atoms with Crippen LogP contribution in [0.1, 0.15) is 22.9 Å². The maximum atomic E-state index is 5.58. The minimum Gasteiger partial charge on any atom is -0.444 e. The first-order valence-electron chi connectivity index (χ1n) is 8.83. The molecule has 0 aliphatic carbocycles. The van der Waals surface area contributed by atoms with Crippen molar-refractivity contribution >= 4 is 41.7 Å². The molecule has 0 amide bonds. The van der Waals surface area contributed by atoms with Crippen LogP contribution < -0.4 is 10.6 Å². The molecule has 3 aromatic rings. The van der Waals surface area contributed by atoms with Crippen LogP contribution in [0.4, 0.5) is 0 Å². The van der Waals surface area contributed by atoms with Crippen LogP contribution in [0.5, 0.6) is 0 Å². The quantitative estimate of drug-likeness (QED) is 0.281. The topological polar surface area (TPSA) is 62.5 Å². The largest absolute Gasteiger partial charge is 0.444 e. The van der Waals surface area contributed by atoms with Crippen molar-refractivity contribution < 1.29 is 4.42 Å². The van der Waals surface area contributed by atoms with Crippen LogP contribution in [0.2, 0.25) is 0 Å². The highest BCUT2D eigenvalue weighted by atomic mass is 127. The minimum atomic E-state index is 0. The van der Waals surface area contributed by atoms with Crippen LogP contribution in [-0.4, -0.2) is 18.0 Å². The number of halogens is 1. The number of nitrogens with zero attached hydrogens (tertiary/aromatic N) is 2. The molecule has 0 atom stereocenters. The second kappa shape index (κ2) is 11.1. The van der Waals surface area contributed by atoms with E-state index in [2.05, 4.69) is 69.1 Å². The molecule has 7 heteroatoms. The average molecular weight is 508 g/mol. The summed E-state index contributed by atoms with van der Waals surface area (Å²) in [4.78, 5) is 11.1. The van der Waals surface area contributed by atoms with Gasteiger partial charge in [0, 0.05) is 23.4 Å². The lowest BCUT2D eigenvalue weighted by atomic mass is 10.2. The van der Waals surface area contributed by atoms with Gasteiger partial charge in [-0.15, -0.1) is 24.0 Å². The van der Waals surface area contributed by atoms with Crippen molar-refractivity contribution in [2.45, 2.75) is 36.7 Å². The monoisotopic (exact) mass is 508 g/mol. The van der Waals surface area contributed by atoms with Crippen molar-refractivity contribution in [3.63, 3.8) is 0 Å². The Balaban J connectivity index is 0.00000280. The van der Waals surface area contributed by atoms with Gasteiger partial charge in [-0.2, -0.15) is 0 Å². The highest BCUT2D eigenvalue weighted by Gasteiger charge is 2.06. The average Bonchev–Trinajstić information content (AvgIpc) is 3.01. The van der Waals surface area contributed by atoms with E-state index in [4.69, 9.17) is 4.42 Å². The van der Waals surface area contributed by atoms with Gasteiger partial charge in [0.2, 0.25) is 5.89 Å². The number of nitrogens with one attached hydrogen (secondary N) is 2. The molecule has 0 bridgehead atoms. The van der Waals surface area contributed by atoms with Crippen LogP contribution in [0.3, 0.4) is 0 Å². The van der Waals surface area contributed by atoms with E-state index in [0.29, 0.717) is 24.9 Å². The molecule has 0 aliphatic rings. The summed E-state index contributed by atoms with van der Waals surface area (Å²) in [6, 6.07) is 18.9. The van der Waals surface area contributed by atoms with Gasteiger partial charge in [-0.05, 0) is 43.7 Å². The molecule has 0 radical (unpaired) electrons. The zero-order chi connectivity index (χ0) is 19.1. The Kier molecular flexibility index (Phi) is 8.85. The minimum absolute atomic E-state index is 0. The zero-order valence-electron chi connectivity index (χ0n) is 16.2. The molecule has 2 N–H and O–H groups in total. The molecule has 0 unspecified atom stereocenters. The zero-order valence-corrected chi connectivity index (χ0v) is 19.4. The van der Waals surface area contributed by atoms with Crippen molar-refractivity contribution in [2.75, 3.05) is 7.05 Å². The highest BCUT2D eigenvalue weighted by Crippen LogP contribution is 2.27. The summed E-state index contributed by atoms with van der Waals surface area (Å²) in [5.41, 5.74) is 2.11. The number of aromatic nitrogens is 1. The lowest BCUT2D eigenvalue weighted by Gasteiger charge is -2.11. The molecule has 1 aromatic heterocycles. The smallest absolute Gasteiger partial charge is 0.214 e. The second-order valence-corrected chi connectivity index (χ2v) is 7.23. The van der Waals surface area contributed by atoms with E-state index in [9.17, 15) is 0 Å². The molecule has 3 rings (SSSR count). The summed E-state index contributed by atoms with van der Waals surface area (Å²) >= 11 is 1.76. The summed E-state index contributed by atoms with van der Waals surface area (Å²) < 4.78 is 5.58. The Morgan fingerprint density at radius 1 is 0.964 bits per heavy atom. The van der Waals surface area contributed by atoms with E-state index in [1.165, 1.54) is 15.4 Å². The number of aliphatic imine (C=N–C) groups is 1. The van der Waals surface area contributed by atoms with Gasteiger partial charge in [-0.25, -0.2) is 4.98 Å². The number of guanidine groups is 1. The molecule has 0 saturated carbocycles. The first-order valence-corrected chi connectivity index (χ1v) is 9.65. The number of benzene rings is 2. The Morgan fingerprint density at radius 3 is 2.21 bits per heavy atom. The van der Waals surface area contributed by atoms with E-state index in [1.807, 2.05) is 19.9 Å². The molecule has 0 fully saturated rings. The molecule has 148 valence electrons. The second-order valence-electron chi connectivity index (χ2n) is 6.09. The Morgan fingerprint density at radius 2 is 1.61 bits per heavy atom. The molecule has 1 heterocycles. The fraction of sp³-hybridized carbons (Fsp3) is 0.238. The van der Waals surface area contributed by atoms with E-state index in [-0.39, 0.29) is 24.0 Å². The van der Waals surface area contributed by atoms with Crippen molar-refractivity contribution in [1.29, 1.82) is 0 Å². The summed E-state index contributed by atoms with van der Waals surface area (Å²) in [6.45, 7) is 5.05. The van der Waals surface area contributed by atoms with Gasteiger partial charge >= 0.3 is 0 Å². The fourth-order valence-corrected chi connectivity index (χ4v) is 3.32. The third-order valence-electron chi connectivity index (χ3n) is 4.07. The van der Waals surface area contributed by atoms with Gasteiger partial charge in [0.05, 0.1) is 12.2 Å². The lowest BCUT2D eigenvalue weighted by molar-refractivity contribution is 0.463. The van der Waals surface area contributed by atoms with Gasteiger partial charge in [-0.1, -0.05) is 42.1 Å². The van der Waals surface area contributed by atoms with Gasteiger partial charge in [0.1, 0.15) is 5.76 Å². The van der Waals surface area contributed by atoms with E-state index in [1.54, 1.807) is 18.8 Å². The van der Waals surface area contributed by atoms with Gasteiger partial charge in [0.25, 0.3) is 0 Å². The van der Waals surface area contributed by atoms with Crippen LogP contribution in [0.25, 0.3) is 0 Å². The molecular weight excluding hydrogens is 483 g/mol. The summed E-state index contributed by atoms with van der Waals surface area (Å²) in [5, 5.41) is 6.53.